The van der Waals surface area contributed by atoms with E-state index in [2.05, 4.69) is 20.6 Å². The van der Waals surface area contributed by atoms with Crippen LogP contribution in [0.2, 0.25) is 0 Å². The molecule has 0 saturated heterocycles. The first-order chi connectivity index (χ1) is 21.5. The quantitative estimate of drug-likeness (QED) is 0.189. The summed E-state index contributed by atoms with van der Waals surface area (Å²) in [4.78, 5) is 49.2. The summed E-state index contributed by atoms with van der Waals surface area (Å²) in [6, 6.07) is 33.4. The lowest BCUT2D eigenvalue weighted by Gasteiger charge is -2.33. The summed E-state index contributed by atoms with van der Waals surface area (Å²) < 4.78 is 0. The lowest BCUT2D eigenvalue weighted by atomic mass is 9.82. The third-order valence-corrected chi connectivity index (χ3v) is 7.59. The number of para-hydroxylation sites is 1. The van der Waals surface area contributed by atoms with Gasteiger partial charge in [-0.05, 0) is 53.6 Å². The van der Waals surface area contributed by atoms with E-state index in [1.54, 1.807) is 48.8 Å². The average molecular weight is 584 g/mol. The number of aromatic nitrogens is 2. The molecular formula is C35H29N5O4. The maximum Gasteiger partial charge on any atom is 0.262 e. The van der Waals surface area contributed by atoms with Gasteiger partial charge in [0.1, 0.15) is 12.4 Å². The van der Waals surface area contributed by atoms with Crippen molar-refractivity contribution in [2.75, 3.05) is 17.2 Å². The first-order valence-corrected chi connectivity index (χ1v) is 14.2. The van der Waals surface area contributed by atoms with Gasteiger partial charge in [-0.15, -0.1) is 0 Å². The molecule has 3 N–H and O–H groups in total. The first kappa shape index (κ1) is 28.4. The highest BCUT2D eigenvalue weighted by Gasteiger charge is 2.37. The number of aliphatic hydroxyl groups is 1. The van der Waals surface area contributed by atoms with E-state index in [1.165, 1.54) is 0 Å². The van der Waals surface area contributed by atoms with E-state index in [0.717, 1.165) is 4.90 Å². The second-order valence-electron chi connectivity index (χ2n) is 10.4. The van der Waals surface area contributed by atoms with Crippen LogP contribution in [0.4, 0.5) is 11.5 Å². The maximum absolute atomic E-state index is 13.4. The molecule has 0 fully saturated rings. The molecule has 5 aromatic rings. The van der Waals surface area contributed by atoms with E-state index in [1.807, 2.05) is 78.9 Å². The molecule has 1 aliphatic rings. The van der Waals surface area contributed by atoms with Crippen molar-refractivity contribution in [2.24, 2.45) is 0 Å². The van der Waals surface area contributed by atoms with Crippen molar-refractivity contribution in [3.8, 4) is 0 Å². The minimum Gasteiger partial charge on any atom is -0.388 e. The van der Waals surface area contributed by atoms with Crippen LogP contribution < -0.4 is 10.6 Å². The predicted octanol–water partition coefficient (Wildman–Crippen LogP) is 5.38. The Balaban J connectivity index is 1.37. The zero-order chi connectivity index (χ0) is 30.5. The van der Waals surface area contributed by atoms with E-state index < -0.39 is 42.3 Å². The Kier molecular flexibility index (Phi) is 8.20. The molecule has 0 saturated carbocycles. The molecular weight excluding hydrogens is 554 g/mol. The van der Waals surface area contributed by atoms with Crippen LogP contribution in [0.3, 0.4) is 0 Å². The molecule has 2 aromatic heterocycles. The van der Waals surface area contributed by atoms with Crippen molar-refractivity contribution in [1.82, 2.24) is 14.9 Å². The fourth-order valence-corrected chi connectivity index (χ4v) is 5.51. The molecule has 218 valence electrons. The predicted molar refractivity (Wildman–Crippen MR) is 166 cm³/mol. The van der Waals surface area contributed by atoms with E-state index in [0.29, 0.717) is 28.3 Å². The van der Waals surface area contributed by atoms with E-state index in [4.69, 9.17) is 0 Å². The maximum atomic E-state index is 13.4. The number of hydrogen-bond donors (Lipinski definition) is 3. The van der Waals surface area contributed by atoms with Gasteiger partial charge in [0.2, 0.25) is 5.91 Å². The fraction of sp³-hybridized carbons (Fsp3) is 0.114. The molecule has 0 radical (unpaired) electrons. The van der Waals surface area contributed by atoms with Crippen molar-refractivity contribution >= 4 is 29.2 Å². The Bertz CT molecular complexity index is 1750. The Morgan fingerprint density at radius 3 is 2.00 bits per heavy atom. The monoisotopic (exact) mass is 583 g/mol. The van der Waals surface area contributed by atoms with Crippen LogP contribution >= 0.6 is 0 Å². The van der Waals surface area contributed by atoms with Crippen molar-refractivity contribution in [3.63, 3.8) is 0 Å². The lowest BCUT2D eigenvalue weighted by Crippen LogP contribution is -2.37. The second kappa shape index (κ2) is 12.7. The highest BCUT2D eigenvalue weighted by atomic mass is 16.3. The average Bonchev–Trinajstić information content (AvgIpc) is 3.30. The van der Waals surface area contributed by atoms with Gasteiger partial charge in [-0.3, -0.25) is 24.3 Å². The first-order valence-electron chi connectivity index (χ1n) is 14.2. The lowest BCUT2D eigenvalue weighted by molar-refractivity contribution is -0.116. The number of hydrogen-bond acceptors (Lipinski definition) is 7. The summed E-state index contributed by atoms with van der Waals surface area (Å²) in [6.07, 6.45) is 2.35. The number of benzene rings is 3. The Morgan fingerprint density at radius 2 is 1.34 bits per heavy atom. The van der Waals surface area contributed by atoms with E-state index in [-0.39, 0.29) is 11.1 Å². The number of nitrogens with zero attached hydrogens (tertiary/aromatic N) is 3. The summed E-state index contributed by atoms with van der Waals surface area (Å²) in [7, 11) is 0. The van der Waals surface area contributed by atoms with Gasteiger partial charge in [-0.25, -0.2) is 4.98 Å². The number of aliphatic hydroxyl groups excluding tert-OH is 1. The van der Waals surface area contributed by atoms with Crippen molar-refractivity contribution < 1.29 is 19.5 Å². The van der Waals surface area contributed by atoms with Crippen molar-refractivity contribution in [3.05, 3.63) is 156 Å². The van der Waals surface area contributed by atoms with Crippen LogP contribution in [-0.4, -0.2) is 44.2 Å². The van der Waals surface area contributed by atoms with Crippen LogP contribution in [0.15, 0.2) is 128 Å². The topological polar surface area (TPSA) is 125 Å². The number of pyridine rings is 2. The van der Waals surface area contributed by atoms with Gasteiger partial charge >= 0.3 is 0 Å². The van der Waals surface area contributed by atoms with Gasteiger partial charge in [-0.2, -0.15) is 0 Å². The molecule has 0 unspecified atom stereocenters. The number of carbonyl (C=O) groups excluding carboxylic acids is 3. The zero-order valence-corrected chi connectivity index (χ0v) is 23.6. The number of nitrogens with one attached hydrogen (secondary N) is 2. The van der Waals surface area contributed by atoms with Gasteiger partial charge < -0.3 is 15.7 Å². The van der Waals surface area contributed by atoms with Crippen LogP contribution in [-0.2, 0) is 4.79 Å². The molecule has 3 heterocycles. The van der Waals surface area contributed by atoms with Crippen LogP contribution in [0.1, 0.15) is 55.6 Å². The van der Waals surface area contributed by atoms with Gasteiger partial charge in [-0.1, -0.05) is 72.8 Å². The number of carbonyl (C=O) groups is 3. The molecule has 6 rings (SSSR count). The van der Waals surface area contributed by atoms with Gasteiger partial charge in [0.05, 0.1) is 29.2 Å². The van der Waals surface area contributed by atoms with Crippen LogP contribution in [0, 0.1) is 0 Å². The van der Waals surface area contributed by atoms with E-state index >= 15 is 0 Å². The highest BCUT2D eigenvalue weighted by molar-refractivity contribution is 6.22. The fourth-order valence-electron chi connectivity index (χ4n) is 5.51. The van der Waals surface area contributed by atoms with Gasteiger partial charge in [0.25, 0.3) is 11.8 Å². The summed E-state index contributed by atoms with van der Waals surface area (Å²) >= 11 is 0. The molecule has 0 bridgehead atoms. The molecule has 3 aromatic carbocycles. The summed E-state index contributed by atoms with van der Waals surface area (Å²) in [5.74, 6) is -1.63. The number of anilines is 2. The Morgan fingerprint density at radius 1 is 0.727 bits per heavy atom. The number of imide groups is 1. The van der Waals surface area contributed by atoms with Gasteiger partial charge in [0.15, 0.2) is 0 Å². The molecule has 0 aliphatic carbocycles. The molecule has 1 aliphatic heterocycles. The summed E-state index contributed by atoms with van der Waals surface area (Å²) in [5, 5.41) is 18.3. The molecule has 3 amide bonds. The minimum atomic E-state index is -0.991. The standard InChI is InChI=1S/C35H29N5O4/c41-30(22-40-34(43)24-14-4-5-15-25(24)35(40)44)38-27-17-7-6-16-26(27)32(39-29-19-9-11-21-37-29)31(28-18-8-10-20-36-28)33(42)23-12-2-1-3-13-23/h1-21,31-33,42H,22H2,(H,37,39)(H,38,41)/t31-,32+,33+/m0/s1. The van der Waals surface area contributed by atoms with Crippen molar-refractivity contribution in [2.45, 2.75) is 18.1 Å². The molecule has 9 heteroatoms. The number of fused-ring (bicyclic) bond motifs is 1. The summed E-state index contributed by atoms with van der Waals surface area (Å²) in [6.45, 7) is -0.449. The summed E-state index contributed by atoms with van der Waals surface area (Å²) in [5.41, 5.74) is 2.98. The molecule has 3 atom stereocenters. The highest BCUT2D eigenvalue weighted by Crippen LogP contribution is 2.43. The Labute approximate surface area is 254 Å². The Hall–Kier alpha value is -5.67. The smallest absolute Gasteiger partial charge is 0.262 e. The normalized spacial score (nSPS) is 14.4. The number of rotatable bonds is 10. The third-order valence-electron chi connectivity index (χ3n) is 7.59. The third kappa shape index (κ3) is 5.81. The van der Waals surface area contributed by atoms with Crippen molar-refractivity contribution in [1.29, 1.82) is 0 Å². The van der Waals surface area contributed by atoms with Crippen LogP contribution in [0.5, 0.6) is 0 Å². The SMILES string of the molecule is O=C(CN1C(=O)c2ccccc2C1=O)Nc1ccccc1[C@@H](Nc1ccccn1)[C@H](c1ccccn1)[C@H](O)c1ccccc1. The van der Waals surface area contributed by atoms with Gasteiger partial charge in [0, 0.05) is 23.8 Å². The molecule has 0 spiro atoms. The van der Waals surface area contributed by atoms with Crippen LogP contribution in [0.25, 0.3) is 0 Å². The number of amides is 3. The zero-order valence-electron chi connectivity index (χ0n) is 23.6. The molecule has 9 nitrogen and oxygen atoms in total. The van der Waals surface area contributed by atoms with E-state index in [9.17, 15) is 19.5 Å². The second-order valence-corrected chi connectivity index (χ2v) is 10.4. The molecule has 44 heavy (non-hydrogen) atoms. The largest absolute Gasteiger partial charge is 0.388 e. The minimum absolute atomic E-state index is 0.276.